The average molecular weight is 327 g/mol. The third-order valence-corrected chi connectivity index (χ3v) is 4.69. The molecule has 0 aromatic heterocycles. The molecule has 5 heteroatoms. The molecular weight excluding hydrogens is 310 g/mol. The highest BCUT2D eigenvalue weighted by Gasteiger charge is 2.36. The summed E-state index contributed by atoms with van der Waals surface area (Å²) >= 11 is -2.34. The molecule has 3 atom stereocenters. The second kappa shape index (κ2) is 6.89. The Labute approximate surface area is 137 Å². The van der Waals surface area contributed by atoms with E-state index >= 15 is 0 Å². The van der Waals surface area contributed by atoms with Gasteiger partial charge in [0, 0.05) is 12.1 Å². The summed E-state index contributed by atoms with van der Waals surface area (Å²) < 4.78 is 21.6. The molecule has 0 radical (unpaired) electrons. The maximum absolute atomic E-state index is 12.7. The summed E-state index contributed by atoms with van der Waals surface area (Å²) in [4.78, 5) is 12.7. The molecule has 1 heterocycles. The van der Waals surface area contributed by atoms with E-state index in [0.29, 0.717) is 6.42 Å². The molecule has 0 saturated heterocycles. The lowest BCUT2D eigenvalue weighted by atomic mass is 9.80. The Morgan fingerprint density at radius 1 is 1.00 bits per heavy atom. The normalized spacial score (nSPS) is 22.1. The van der Waals surface area contributed by atoms with Crippen molar-refractivity contribution in [3.8, 4) is 0 Å². The largest absolute Gasteiger partial charge is 0.289 e. The zero-order chi connectivity index (χ0) is 16.2. The van der Waals surface area contributed by atoms with Gasteiger partial charge in [0.15, 0.2) is 0 Å². The van der Waals surface area contributed by atoms with E-state index in [-0.39, 0.29) is 11.8 Å². The predicted octanol–water partition coefficient (Wildman–Crippen LogP) is 3.12. The molecule has 1 aliphatic heterocycles. The van der Waals surface area contributed by atoms with Gasteiger partial charge in [-0.15, -0.1) is 0 Å². The van der Waals surface area contributed by atoms with Crippen LogP contribution < -0.4 is 0 Å². The van der Waals surface area contributed by atoms with Crippen LogP contribution in [0.4, 0.5) is 0 Å². The Balaban J connectivity index is 1.97. The number of benzene rings is 2. The molecule has 1 amide bonds. The molecular formula is C18H17NO3S. The summed E-state index contributed by atoms with van der Waals surface area (Å²) in [7, 11) is 0. The summed E-state index contributed by atoms with van der Waals surface area (Å²) in [5.74, 6) is -0.837. The maximum atomic E-state index is 12.7. The maximum Gasteiger partial charge on any atom is 0.268 e. The lowest BCUT2D eigenvalue weighted by Crippen LogP contribution is -2.40. The Morgan fingerprint density at radius 3 is 2.22 bits per heavy atom. The van der Waals surface area contributed by atoms with Gasteiger partial charge in [0.1, 0.15) is 0 Å². The first-order valence-corrected chi connectivity index (χ1v) is 8.44. The number of rotatable bonds is 4. The first-order valence-electron chi connectivity index (χ1n) is 7.38. The highest BCUT2D eigenvalue weighted by molar-refractivity contribution is 7.77. The first-order chi connectivity index (χ1) is 11.2. The van der Waals surface area contributed by atoms with Crippen molar-refractivity contribution in [1.29, 1.82) is 0 Å². The quantitative estimate of drug-likeness (QED) is 0.878. The van der Waals surface area contributed by atoms with Gasteiger partial charge >= 0.3 is 0 Å². The Kier molecular flexibility index (Phi) is 4.69. The second-order valence-electron chi connectivity index (χ2n) is 5.47. The van der Waals surface area contributed by atoms with Crippen molar-refractivity contribution in [2.75, 3.05) is 0 Å². The van der Waals surface area contributed by atoms with Crippen LogP contribution in [-0.4, -0.2) is 19.0 Å². The number of allylic oxidation sites excluding steroid dienone is 1. The molecule has 23 heavy (non-hydrogen) atoms. The van der Waals surface area contributed by atoms with Crippen LogP contribution in [0.15, 0.2) is 72.9 Å². The summed E-state index contributed by atoms with van der Waals surface area (Å²) in [5.41, 5.74) is 2.06. The third-order valence-electron chi connectivity index (χ3n) is 4.05. The van der Waals surface area contributed by atoms with Crippen LogP contribution in [0.1, 0.15) is 17.0 Å². The van der Waals surface area contributed by atoms with Gasteiger partial charge in [-0.05, 0) is 17.5 Å². The van der Waals surface area contributed by atoms with Gasteiger partial charge in [-0.25, -0.2) is 8.51 Å². The van der Waals surface area contributed by atoms with Crippen molar-refractivity contribution in [1.82, 2.24) is 4.31 Å². The van der Waals surface area contributed by atoms with E-state index < -0.39 is 17.2 Å². The fourth-order valence-electron chi connectivity index (χ4n) is 2.93. The van der Waals surface area contributed by atoms with Gasteiger partial charge in [0.25, 0.3) is 11.3 Å². The highest BCUT2D eigenvalue weighted by Crippen LogP contribution is 2.34. The number of hydrogen-bond acceptors (Lipinski definition) is 2. The SMILES string of the molecule is O=C1[C@@H](Cc2ccccc2)[C@@H](c2ccccc2)C=CN1S(=O)O. The van der Waals surface area contributed by atoms with Crippen LogP contribution in [0, 0.1) is 5.92 Å². The molecule has 2 aromatic carbocycles. The fourth-order valence-corrected chi connectivity index (χ4v) is 3.39. The third kappa shape index (κ3) is 3.41. The molecule has 0 spiro atoms. The van der Waals surface area contributed by atoms with Gasteiger partial charge in [0.05, 0.1) is 5.92 Å². The molecule has 2 aromatic rings. The van der Waals surface area contributed by atoms with Crippen molar-refractivity contribution in [3.05, 3.63) is 84.1 Å². The van der Waals surface area contributed by atoms with Crippen LogP contribution in [0.25, 0.3) is 0 Å². The zero-order valence-electron chi connectivity index (χ0n) is 12.4. The van der Waals surface area contributed by atoms with Crippen LogP contribution in [0.2, 0.25) is 0 Å². The Morgan fingerprint density at radius 2 is 1.61 bits per heavy atom. The van der Waals surface area contributed by atoms with Crippen LogP contribution in [0.3, 0.4) is 0 Å². The minimum atomic E-state index is -2.34. The van der Waals surface area contributed by atoms with E-state index in [1.54, 1.807) is 0 Å². The molecule has 0 fully saturated rings. The van der Waals surface area contributed by atoms with Gasteiger partial charge in [0.2, 0.25) is 5.91 Å². The van der Waals surface area contributed by atoms with Crippen molar-refractivity contribution >= 4 is 17.2 Å². The van der Waals surface area contributed by atoms with Crippen LogP contribution in [-0.2, 0) is 22.5 Å². The van der Waals surface area contributed by atoms with Gasteiger partial charge in [-0.1, -0.05) is 66.7 Å². The van der Waals surface area contributed by atoms with E-state index in [9.17, 15) is 13.6 Å². The molecule has 3 rings (SSSR count). The summed E-state index contributed by atoms with van der Waals surface area (Å²) in [6.07, 6.45) is 3.77. The molecule has 0 aliphatic carbocycles. The van der Waals surface area contributed by atoms with E-state index in [2.05, 4.69) is 0 Å². The molecule has 1 aliphatic rings. The van der Waals surface area contributed by atoms with E-state index in [1.807, 2.05) is 66.7 Å². The summed E-state index contributed by atoms with van der Waals surface area (Å²) in [5, 5.41) is 0. The minimum absolute atomic E-state index is 0.108. The van der Waals surface area contributed by atoms with Gasteiger partial charge < -0.3 is 0 Å². The Hall–Kier alpha value is -2.24. The Bertz CT molecular complexity index is 730. The number of carbonyl (C=O) groups is 1. The smallest absolute Gasteiger partial charge is 0.268 e. The summed E-state index contributed by atoms with van der Waals surface area (Å²) in [6.45, 7) is 0. The molecule has 4 nitrogen and oxygen atoms in total. The standard InChI is InChI=1S/C18H17NO3S/c20-18-17(13-14-7-3-1-4-8-14)16(11-12-19(18)23(21)22)15-9-5-2-6-10-15/h1-12,16-17H,13H2,(H,21,22)/t16-,17+/m1/s1. The monoisotopic (exact) mass is 327 g/mol. The second-order valence-corrected chi connectivity index (χ2v) is 6.32. The highest BCUT2D eigenvalue weighted by atomic mass is 32.2. The number of carbonyl (C=O) groups excluding carboxylic acids is 1. The van der Waals surface area contributed by atoms with E-state index in [4.69, 9.17) is 0 Å². The van der Waals surface area contributed by atoms with E-state index in [1.165, 1.54) is 6.20 Å². The molecule has 0 bridgehead atoms. The van der Waals surface area contributed by atoms with Gasteiger partial charge in [-0.3, -0.25) is 9.35 Å². The first kappa shape index (κ1) is 15.6. The van der Waals surface area contributed by atoms with E-state index in [0.717, 1.165) is 15.4 Å². The number of amides is 1. The van der Waals surface area contributed by atoms with Crippen molar-refractivity contribution in [3.63, 3.8) is 0 Å². The van der Waals surface area contributed by atoms with Crippen LogP contribution in [0.5, 0.6) is 0 Å². The zero-order valence-corrected chi connectivity index (χ0v) is 13.2. The van der Waals surface area contributed by atoms with Crippen molar-refractivity contribution < 1.29 is 13.6 Å². The lowest BCUT2D eigenvalue weighted by molar-refractivity contribution is -0.129. The molecule has 0 saturated carbocycles. The fraction of sp³-hybridized carbons (Fsp3) is 0.167. The molecule has 1 unspecified atom stereocenters. The minimum Gasteiger partial charge on any atom is -0.289 e. The van der Waals surface area contributed by atoms with Gasteiger partial charge in [-0.2, -0.15) is 0 Å². The number of nitrogens with zero attached hydrogens (tertiary/aromatic N) is 1. The number of hydrogen-bond donors (Lipinski definition) is 1. The average Bonchev–Trinajstić information content (AvgIpc) is 2.58. The topological polar surface area (TPSA) is 57.6 Å². The lowest BCUT2D eigenvalue weighted by Gasteiger charge is -2.31. The predicted molar refractivity (Wildman–Crippen MR) is 89.6 cm³/mol. The molecule has 118 valence electrons. The summed E-state index contributed by atoms with van der Waals surface area (Å²) in [6, 6.07) is 19.5. The molecule has 1 N–H and O–H groups in total. The van der Waals surface area contributed by atoms with Crippen molar-refractivity contribution in [2.24, 2.45) is 5.92 Å². The van der Waals surface area contributed by atoms with Crippen molar-refractivity contribution in [2.45, 2.75) is 12.3 Å². The van der Waals surface area contributed by atoms with Crippen LogP contribution >= 0.6 is 0 Å².